The predicted octanol–water partition coefficient (Wildman–Crippen LogP) is 5.51. The third-order valence-electron chi connectivity index (χ3n) is 4.78. The fraction of sp³-hybridized carbons (Fsp3) is 0.0385. The van der Waals surface area contributed by atoms with Crippen LogP contribution in [0.4, 0.5) is 0 Å². The van der Waals surface area contributed by atoms with Gasteiger partial charge in [0.2, 0.25) is 5.91 Å². The van der Waals surface area contributed by atoms with Gasteiger partial charge >= 0.3 is 5.97 Å². The van der Waals surface area contributed by atoms with Crippen LogP contribution in [-0.2, 0) is 11.2 Å². The van der Waals surface area contributed by atoms with Crippen LogP contribution in [0.25, 0.3) is 10.8 Å². The van der Waals surface area contributed by atoms with Gasteiger partial charge in [0, 0.05) is 4.47 Å². The third-order valence-corrected chi connectivity index (χ3v) is 5.28. The van der Waals surface area contributed by atoms with E-state index in [0.29, 0.717) is 11.3 Å². The van der Waals surface area contributed by atoms with Crippen molar-refractivity contribution in [3.8, 4) is 5.75 Å². The molecule has 4 aromatic rings. The SMILES string of the molecule is O=C(Cc1cccc2ccccc12)N/N=C\c1ccc(OC(=O)c2cccc(Br)c2)cc1. The smallest absolute Gasteiger partial charge is 0.343 e. The van der Waals surface area contributed by atoms with Gasteiger partial charge in [-0.3, -0.25) is 4.79 Å². The number of halogens is 1. The number of benzene rings is 4. The zero-order valence-corrected chi connectivity index (χ0v) is 18.6. The molecule has 1 amide bonds. The maximum Gasteiger partial charge on any atom is 0.343 e. The number of ether oxygens (including phenoxy) is 1. The first-order valence-electron chi connectivity index (χ1n) is 9.95. The lowest BCUT2D eigenvalue weighted by atomic mass is 10.0. The average Bonchev–Trinajstić information content (AvgIpc) is 2.80. The molecule has 0 aromatic heterocycles. The number of amides is 1. The van der Waals surface area contributed by atoms with Crippen LogP contribution in [0, 0.1) is 0 Å². The molecule has 0 atom stereocenters. The summed E-state index contributed by atoms with van der Waals surface area (Å²) in [5, 5.41) is 6.18. The van der Waals surface area contributed by atoms with Crippen LogP contribution in [0.15, 0.2) is 101 Å². The Hall–Kier alpha value is -3.77. The second kappa shape index (κ2) is 10.0. The maximum absolute atomic E-state index is 12.3. The lowest BCUT2D eigenvalue weighted by Gasteiger charge is -2.06. The highest BCUT2D eigenvalue weighted by Gasteiger charge is 2.09. The van der Waals surface area contributed by atoms with Crippen LogP contribution < -0.4 is 10.2 Å². The Morgan fingerprint density at radius 2 is 1.66 bits per heavy atom. The number of nitrogens with one attached hydrogen (secondary N) is 1. The van der Waals surface area contributed by atoms with Crippen molar-refractivity contribution >= 4 is 44.8 Å². The van der Waals surface area contributed by atoms with Crippen LogP contribution in [-0.4, -0.2) is 18.1 Å². The molecule has 1 N–H and O–H groups in total. The van der Waals surface area contributed by atoms with Gasteiger partial charge in [-0.25, -0.2) is 10.2 Å². The lowest BCUT2D eigenvalue weighted by Crippen LogP contribution is -2.19. The van der Waals surface area contributed by atoms with Crippen molar-refractivity contribution in [1.82, 2.24) is 5.43 Å². The van der Waals surface area contributed by atoms with E-state index in [2.05, 4.69) is 26.5 Å². The number of nitrogens with zero attached hydrogens (tertiary/aromatic N) is 1. The van der Waals surface area contributed by atoms with Crippen molar-refractivity contribution in [3.05, 3.63) is 112 Å². The highest BCUT2D eigenvalue weighted by molar-refractivity contribution is 9.10. The van der Waals surface area contributed by atoms with Gasteiger partial charge in [0.25, 0.3) is 0 Å². The van der Waals surface area contributed by atoms with E-state index >= 15 is 0 Å². The average molecular weight is 487 g/mol. The first-order valence-corrected chi connectivity index (χ1v) is 10.7. The van der Waals surface area contributed by atoms with Crippen molar-refractivity contribution in [1.29, 1.82) is 0 Å². The summed E-state index contributed by atoms with van der Waals surface area (Å²) in [7, 11) is 0. The van der Waals surface area contributed by atoms with Crippen molar-refractivity contribution in [3.63, 3.8) is 0 Å². The summed E-state index contributed by atoms with van der Waals surface area (Å²) in [5.74, 6) is -0.210. The first-order chi connectivity index (χ1) is 15.6. The van der Waals surface area contributed by atoms with Gasteiger partial charge in [-0.2, -0.15) is 5.10 Å². The molecule has 0 saturated heterocycles. The Morgan fingerprint density at radius 1 is 0.906 bits per heavy atom. The second-order valence-corrected chi connectivity index (χ2v) is 7.99. The van der Waals surface area contributed by atoms with E-state index in [0.717, 1.165) is 26.4 Å². The monoisotopic (exact) mass is 486 g/mol. The number of rotatable bonds is 6. The minimum absolute atomic E-state index is 0.197. The summed E-state index contributed by atoms with van der Waals surface area (Å²) < 4.78 is 6.19. The van der Waals surface area contributed by atoms with Gasteiger partial charge in [0.15, 0.2) is 0 Å². The molecule has 6 heteroatoms. The summed E-state index contributed by atoms with van der Waals surface area (Å²) in [6, 6.07) is 27.7. The summed E-state index contributed by atoms with van der Waals surface area (Å²) in [4.78, 5) is 24.5. The Kier molecular flexibility index (Phi) is 6.72. The Labute approximate surface area is 193 Å². The molecule has 0 fully saturated rings. The Balaban J connectivity index is 1.32. The number of esters is 1. The highest BCUT2D eigenvalue weighted by Crippen LogP contribution is 2.19. The topological polar surface area (TPSA) is 67.8 Å². The number of carbonyl (C=O) groups is 2. The summed E-state index contributed by atoms with van der Waals surface area (Å²) in [6.45, 7) is 0. The Bertz CT molecular complexity index is 1290. The molecule has 0 heterocycles. The lowest BCUT2D eigenvalue weighted by molar-refractivity contribution is -0.120. The van der Waals surface area contributed by atoms with E-state index in [-0.39, 0.29) is 12.3 Å². The molecule has 32 heavy (non-hydrogen) atoms. The minimum atomic E-state index is -0.437. The largest absolute Gasteiger partial charge is 0.423 e. The molecule has 4 aromatic carbocycles. The predicted molar refractivity (Wildman–Crippen MR) is 129 cm³/mol. The summed E-state index contributed by atoms with van der Waals surface area (Å²) >= 11 is 3.34. The van der Waals surface area contributed by atoms with E-state index in [1.165, 1.54) is 0 Å². The van der Waals surface area contributed by atoms with Crippen LogP contribution >= 0.6 is 15.9 Å². The van der Waals surface area contributed by atoms with E-state index < -0.39 is 5.97 Å². The summed E-state index contributed by atoms with van der Waals surface area (Å²) in [6.07, 6.45) is 1.78. The van der Waals surface area contributed by atoms with Gasteiger partial charge < -0.3 is 4.74 Å². The summed E-state index contributed by atoms with van der Waals surface area (Å²) in [5.41, 5.74) is 4.73. The van der Waals surface area contributed by atoms with Gasteiger partial charge in [0.05, 0.1) is 18.2 Å². The molecule has 0 bridgehead atoms. The maximum atomic E-state index is 12.3. The molecule has 0 unspecified atom stereocenters. The Morgan fingerprint density at radius 3 is 2.47 bits per heavy atom. The molecule has 0 saturated carbocycles. The molecule has 0 aliphatic rings. The van der Waals surface area contributed by atoms with Crippen molar-refractivity contribution in [2.45, 2.75) is 6.42 Å². The second-order valence-electron chi connectivity index (χ2n) is 7.08. The quantitative estimate of drug-likeness (QED) is 0.169. The van der Waals surface area contributed by atoms with Crippen molar-refractivity contribution in [2.24, 2.45) is 5.10 Å². The van der Waals surface area contributed by atoms with Gasteiger partial charge in [-0.05, 0) is 64.4 Å². The fourth-order valence-electron chi connectivity index (χ4n) is 3.24. The minimum Gasteiger partial charge on any atom is -0.423 e. The van der Waals surface area contributed by atoms with Crippen molar-refractivity contribution in [2.75, 3.05) is 0 Å². The van der Waals surface area contributed by atoms with Crippen LogP contribution in [0.5, 0.6) is 5.75 Å². The standard InChI is InChI=1S/C26H19BrN2O3/c27-22-9-4-8-21(15-22)26(31)32-23-13-11-18(12-14-23)17-28-29-25(30)16-20-7-3-6-19-5-1-2-10-24(19)20/h1-15,17H,16H2,(H,29,30)/b28-17-. The van der Waals surface area contributed by atoms with Crippen molar-refractivity contribution < 1.29 is 14.3 Å². The van der Waals surface area contributed by atoms with Crippen LogP contribution in [0.1, 0.15) is 21.5 Å². The molecular formula is C26H19BrN2O3. The molecule has 158 valence electrons. The number of hydrogen-bond donors (Lipinski definition) is 1. The van der Waals surface area contributed by atoms with Gasteiger partial charge in [-0.1, -0.05) is 64.5 Å². The molecule has 4 rings (SSSR count). The van der Waals surface area contributed by atoms with Crippen LogP contribution in [0.2, 0.25) is 0 Å². The van der Waals surface area contributed by atoms with E-state index in [9.17, 15) is 9.59 Å². The van der Waals surface area contributed by atoms with Crippen LogP contribution in [0.3, 0.4) is 0 Å². The zero-order valence-electron chi connectivity index (χ0n) is 17.0. The molecule has 0 spiro atoms. The number of fused-ring (bicyclic) bond motifs is 1. The molecule has 5 nitrogen and oxygen atoms in total. The zero-order chi connectivity index (χ0) is 22.3. The third kappa shape index (κ3) is 5.47. The molecular weight excluding hydrogens is 468 g/mol. The van der Waals surface area contributed by atoms with E-state index in [1.807, 2.05) is 48.5 Å². The number of hydrazone groups is 1. The van der Waals surface area contributed by atoms with Gasteiger partial charge in [0.1, 0.15) is 5.75 Å². The molecule has 0 radical (unpaired) electrons. The normalized spacial score (nSPS) is 10.9. The highest BCUT2D eigenvalue weighted by atomic mass is 79.9. The van der Waals surface area contributed by atoms with E-state index in [1.54, 1.807) is 48.7 Å². The number of carbonyl (C=O) groups excluding carboxylic acids is 2. The van der Waals surface area contributed by atoms with E-state index in [4.69, 9.17) is 4.74 Å². The molecule has 0 aliphatic carbocycles. The first kappa shape index (κ1) is 21.5. The number of hydrogen-bond acceptors (Lipinski definition) is 4. The fourth-order valence-corrected chi connectivity index (χ4v) is 3.64. The molecule has 0 aliphatic heterocycles. The van der Waals surface area contributed by atoms with Gasteiger partial charge in [-0.15, -0.1) is 0 Å².